The zero-order valence-electron chi connectivity index (χ0n) is 15.7. The molecule has 0 unspecified atom stereocenters. The molecule has 4 heteroatoms. The second-order valence-electron chi connectivity index (χ2n) is 7.00. The number of para-hydroxylation sites is 1. The van der Waals surface area contributed by atoms with Gasteiger partial charge >= 0.3 is 0 Å². The van der Waals surface area contributed by atoms with Crippen molar-refractivity contribution in [1.29, 1.82) is 0 Å². The third kappa shape index (κ3) is 3.50. The summed E-state index contributed by atoms with van der Waals surface area (Å²) in [6, 6.07) is 13.7. The summed E-state index contributed by atoms with van der Waals surface area (Å²) in [4.78, 5) is 25.6. The lowest BCUT2D eigenvalue weighted by Crippen LogP contribution is -2.36. The van der Waals surface area contributed by atoms with E-state index in [0.717, 1.165) is 35.3 Å². The van der Waals surface area contributed by atoms with Crippen molar-refractivity contribution in [2.75, 3.05) is 10.6 Å². The van der Waals surface area contributed by atoms with E-state index in [2.05, 4.69) is 24.5 Å². The number of rotatable bonds is 6. The van der Waals surface area contributed by atoms with Crippen LogP contribution in [0, 0.1) is 12.3 Å². The van der Waals surface area contributed by atoms with Crippen LogP contribution in [0.5, 0.6) is 0 Å². The maximum Gasteiger partial charge on any atom is 0.240 e. The van der Waals surface area contributed by atoms with E-state index in [1.807, 2.05) is 49.4 Å². The lowest BCUT2D eigenvalue weighted by atomic mass is 10.0. The Hall–Kier alpha value is -2.62. The summed E-state index contributed by atoms with van der Waals surface area (Å²) < 4.78 is 0. The molecule has 0 saturated heterocycles. The fourth-order valence-corrected chi connectivity index (χ4v) is 3.19. The van der Waals surface area contributed by atoms with E-state index in [1.54, 1.807) is 0 Å². The van der Waals surface area contributed by atoms with Crippen molar-refractivity contribution in [3.63, 3.8) is 0 Å². The van der Waals surface area contributed by atoms with Gasteiger partial charge in [-0.1, -0.05) is 44.2 Å². The van der Waals surface area contributed by atoms with Crippen LogP contribution in [0.15, 0.2) is 42.5 Å². The van der Waals surface area contributed by atoms with E-state index < -0.39 is 5.41 Å². The number of benzene rings is 2. The van der Waals surface area contributed by atoms with Crippen molar-refractivity contribution in [2.45, 2.75) is 46.5 Å². The smallest absolute Gasteiger partial charge is 0.240 e. The largest absolute Gasteiger partial charge is 0.325 e. The van der Waals surface area contributed by atoms with Gasteiger partial charge in [-0.25, -0.2) is 0 Å². The lowest BCUT2D eigenvalue weighted by Gasteiger charge is -2.18. The first-order chi connectivity index (χ1) is 12.5. The number of carbonyl (C=O) groups is 2. The first kappa shape index (κ1) is 18.2. The predicted molar refractivity (Wildman–Crippen MR) is 105 cm³/mol. The summed E-state index contributed by atoms with van der Waals surface area (Å²) in [5.74, 6) is -0.421. The van der Waals surface area contributed by atoms with Crippen molar-refractivity contribution in [1.82, 2.24) is 0 Å². The Morgan fingerprint density at radius 3 is 2.15 bits per heavy atom. The maximum atomic E-state index is 12.9. The van der Waals surface area contributed by atoms with Gasteiger partial charge < -0.3 is 10.6 Å². The molecule has 1 fully saturated rings. The number of nitrogens with one attached hydrogen (secondary N) is 2. The molecule has 136 valence electrons. The third-order valence-electron chi connectivity index (χ3n) is 5.22. The molecule has 0 atom stereocenters. The molecule has 26 heavy (non-hydrogen) atoms. The zero-order chi connectivity index (χ0) is 18.7. The molecule has 4 nitrogen and oxygen atoms in total. The van der Waals surface area contributed by atoms with Gasteiger partial charge in [0.05, 0.1) is 0 Å². The Balaban J connectivity index is 1.73. The van der Waals surface area contributed by atoms with Crippen LogP contribution in [-0.4, -0.2) is 11.8 Å². The minimum atomic E-state index is -0.948. The number of hydrogen-bond donors (Lipinski definition) is 2. The molecular weight excluding hydrogens is 324 g/mol. The van der Waals surface area contributed by atoms with E-state index in [0.29, 0.717) is 12.8 Å². The Morgan fingerprint density at radius 1 is 0.923 bits per heavy atom. The monoisotopic (exact) mass is 350 g/mol. The summed E-state index contributed by atoms with van der Waals surface area (Å²) in [6.07, 6.45) is 2.97. The molecule has 1 saturated carbocycles. The zero-order valence-corrected chi connectivity index (χ0v) is 15.7. The minimum Gasteiger partial charge on any atom is -0.325 e. The molecule has 0 spiro atoms. The van der Waals surface area contributed by atoms with Crippen LogP contribution < -0.4 is 10.6 Å². The summed E-state index contributed by atoms with van der Waals surface area (Å²) >= 11 is 0. The summed E-state index contributed by atoms with van der Waals surface area (Å²) in [7, 11) is 0. The standard InChI is InChI=1S/C22H26N2O2/c1-4-16-9-11-18(12-10-16)23-20(25)22(13-14-22)21(26)24-19-15(3)7-6-8-17(19)5-2/h6-12H,4-5,13-14H2,1-3H3,(H,23,25)(H,24,26). The number of aryl methyl sites for hydroxylation is 3. The van der Waals surface area contributed by atoms with Crippen molar-refractivity contribution < 1.29 is 9.59 Å². The molecule has 1 aliphatic rings. The highest BCUT2D eigenvalue weighted by molar-refractivity contribution is 6.17. The molecule has 2 amide bonds. The van der Waals surface area contributed by atoms with Crippen LogP contribution in [0.1, 0.15) is 43.4 Å². The van der Waals surface area contributed by atoms with Gasteiger partial charge in [0.1, 0.15) is 5.41 Å². The van der Waals surface area contributed by atoms with E-state index in [1.165, 1.54) is 5.56 Å². The van der Waals surface area contributed by atoms with Gasteiger partial charge in [-0.3, -0.25) is 9.59 Å². The quantitative estimate of drug-likeness (QED) is 0.755. The van der Waals surface area contributed by atoms with Crippen molar-refractivity contribution in [3.8, 4) is 0 Å². The number of hydrogen-bond acceptors (Lipinski definition) is 2. The molecule has 3 rings (SSSR count). The highest BCUT2D eigenvalue weighted by Gasteiger charge is 2.56. The fourth-order valence-electron chi connectivity index (χ4n) is 3.19. The Morgan fingerprint density at radius 2 is 1.58 bits per heavy atom. The second kappa shape index (κ2) is 7.32. The van der Waals surface area contributed by atoms with Gasteiger partial charge in [0.25, 0.3) is 0 Å². The topological polar surface area (TPSA) is 58.2 Å². The molecule has 2 aromatic rings. The maximum absolute atomic E-state index is 12.9. The highest BCUT2D eigenvalue weighted by Crippen LogP contribution is 2.47. The fraction of sp³-hybridized carbons (Fsp3) is 0.364. The second-order valence-corrected chi connectivity index (χ2v) is 7.00. The van der Waals surface area contributed by atoms with Gasteiger partial charge in [-0.05, 0) is 61.4 Å². The average molecular weight is 350 g/mol. The number of amides is 2. The normalized spacial score (nSPS) is 14.6. The Labute approximate surface area is 155 Å². The summed E-state index contributed by atoms with van der Waals surface area (Å²) in [5, 5.41) is 5.92. The van der Waals surface area contributed by atoms with Crippen molar-refractivity contribution >= 4 is 23.2 Å². The number of carbonyl (C=O) groups excluding carboxylic acids is 2. The average Bonchev–Trinajstić information content (AvgIpc) is 3.46. The van der Waals surface area contributed by atoms with Crippen LogP contribution >= 0.6 is 0 Å². The lowest BCUT2D eigenvalue weighted by molar-refractivity contribution is -0.131. The van der Waals surface area contributed by atoms with Gasteiger partial charge in [0.15, 0.2) is 0 Å². The van der Waals surface area contributed by atoms with Crippen LogP contribution in [0.4, 0.5) is 11.4 Å². The molecular formula is C22H26N2O2. The van der Waals surface area contributed by atoms with Crippen LogP contribution in [0.2, 0.25) is 0 Å². The summed E-state index contributed by atoms with van der Waals surface area (Å²) in [5.41, 5.74) is 3.95. The first-order valence-corrected chi connectivity index (χ1v) is 9.30. The van der Waals surface area contributed by atoms with Crippen LogP contribution in [0.25, 0.3) is 0 Å². The minimum absolute atomic E-state index is 0.204. The van der Waals surface area contributed by atoms with E-state index in [-0.39, 0.29) is 11.8 Å². The van der Waals surface area contributed by atoms with Crippen LogP contribution in [-0.2, 0) is 22.4 Å². The predicted octanol–water partition coefficient (Wildman–Crippen LogP) is 4.48. The molecule has 0 aliphatic heterocycles. The molecule has 0 aromatic heterocycles. The molecule has 0 bridgehead atoms. The SMILES string of the molecule is CCc1ccc(NC(=O)C2(C(=O)Nc3c(C)cccc3CC)CC2)cc1. The first-order valence-electron chi connectivity index (χ1n) is 9.30. The number of anilines is 2. The van der Waals surface area contributed by atoms with E-state index in [9.17, 15) is 9.59 Å². The molecule has 0 heterocycles. The molecule has 2 N–H and O–H groups in total. The molecule has 1 aliphatic carbocycles. The van der Waals surface area contributed by atoms with E-state index in [4.69, 9.17) is 0 Å². The molecule has 2 aromatic carbocycles. The van der Waals surface area contributed by atoms with E-state index >= 15 is 0 Å². The molecule has 0 radical (unpaired) electrons. The van der Waals surface area contributed by atoms with Crippen LogP contribution in [0.3, 0.4) is 0 Å². The summed E-state index contributed by atoms with van der Waals surface area (Å²) in [6.45, 7) is 6.13. The van der Waals surface area contributed by atoms with Crippen molar-refractivity contribution in [3.05, 3.63) is 59.2 Å². The highest BCUT2D eigenvalue weighted by atomic mass is 16.2. The van der Waals surface area contributed by atoms with Gasteiger partial charge in [0, 0.05) is 11.4 Å². The Kier molecular flexibility index (Phi) is 5.12. The van der Waals surface area contributed by atoms with Gasteiger partial charge in [-0.2, -0.15) is 0 Å². The van der Waals surface area contributed by atoms with Gasteiger partial charge in [-0.15, -0.1) is 0 Å². The van der Waals surface area contributed by atoms with Crippen molar-refractivity contribution in [2.24, 2.45) is 5.41 Å². The third-order valence-corrected chi connectivity index (χ3v) is 5.22. The van der Waals surface area contributed by atoms with Gasteiger partial charge in [0.2, 0.25) is 11.8 Å². The Bertz CT molecular complexity index is 821.